The lowest BCUT2D eigenvalue weighted by atomic mass is 10.2. The molecule has 0 radical (unpaired) electrons. The highest BCUT2D eigenvalue weighted by atomic mass is 79.9. The minimum absolute atomic E-state index is 0.501. The largest absolute Gasteiger partial charge is 0.438 e. The second-order valence-electron chi connectivity index (χ2n) is 3.72. The highest BCUT2D eigenvalue weighted by Gasteiger charge is 2.05. The Bertz CT molecular complexity index is 548. The summed E-state index contributed by atoms with van der Waals surface area (Å²) < 4.78 is 6.44. The monoisotopic (exact) mass is 326 g/mol. The first-order valence-electron chi connectivity index (χ1n) is 5.41. The molecule has 5 heteroatoms. The Morgan fingerprint density at radius 3 is 2.94 bits per heavy atom. The average Bonchev–Trinajstić information content (AvgIpc) is 2.34. The third kappa shape index (κ3) is 3.45. The van der Waals surface area contributed by atoms with Gasteiger partial charge < -0.3 is 10.1 Å². The van der Waals surface area contributed by atoms with Crippen molar-refractivity contribution in [3.8, 4) is 11.6 Å². The average molecular weight is 328 g/mol. The lowest BCUT2D eigenvalue weighted by Crippen LogP contribution is -2.04. The SMILES string of the molecule is CNCc1cccc(Oc2ncc(Cl)cc2Br)c1. The van der Waals surface area contributed by atoms with Crippen molar-refractivity contribution in [1.82, 2.24) is 10.3 Å². The van der Waals surface area contributed by atoms with E-state index in [1.54, 1.807) is 12.3 Å². The topological polar surface area (TPSA) is 34.1 Å². The van der Waals surface area contributed by atoms with Crippen molar-refractivity contribution in [3.63, 3.8) is 0 Å². The smallest absolute Gasteiger partial charge is 0.233 e. The molecule has 0 saturated carbocycles. The van der Waals surface area contributed by atoms with Crippen LogP contribution in [0.5, 0.6) is 11.6 Å². The number of aromatic nitrogens is 1. The number of hydrogen-bond acceptors (Lipinski definition) is 3. The van der Waals surface area contributed by atoms with Crippen LogP contribution in [0.2, 0.25) is 5.02 Å². The van der Waals surface area contributed by atoms with Crippen LogP contribution in [0.25, 0.3) is 0 Å². The van der Waals surface area contributed by atoms with Gasteiger partial charge in [0.1, 0.15) is 5.75 Å². The van der Waals surface area contributed by atoms with Crippen LogP contribution in [-0.4, -0.2) is 12.0 Å². The molecule has 0 aliphatic carbocycles. The van der Waals surface area contributed by atoms with Gasteiger partial charge in [-0.15, -0.1) is 0 Å². The zero-order valence-electron chi connectivity index (χ0n) is 9.78. The molecule has 1 aromatic heterocycles. The summed E-state index contributed by atoms with van der Waals surface area (Å²) in [6, 6.07) is 9.60. The number of ether oxygens (including phenoxy) is 1. The fraction of sp³-hybridized carbons (Fsp3) is 0.154. The van der Waals surface area contributed by atoms with Crippen LogP contribution in [0.1, 0.15) is 5.56 Å². The minimum Gasteiger partial charge on any atom is -0.438 e. The molecular formula is C13H12BrClN2O. The van der Waals surface area contributed by atoms with Crippen molar-refractivity contribution < 1.29 is 4.74 Å². The van der Waals surface area contributed by atoms with Gasteiger partial charge in [-0.25, -0.2) is 4.98 Å². The summed E-state index contributed by atoms with van der Waals surface area (Å²) in [6.07, 6.45) is 1.55. The maximum absolute atomic E-state index is 5.83. The van der Waals surface area contributed by atoms with E-state index in [0.717, 1.165) is 22.3 Å². The maximum atomic E-state index is 5.83. The number of pyridine rings is 1. The normalized spacial score (nSPS) is 10.4. The fourth-order valence-corrected chi connectivity index (χ4v) is 2.23. The van der Waals surface area contributed by atoms with E-state index in [-0.39, 0.29) is 0 Å². The van der Waals surface area contributed by atoms with E-state index in [1.165, 1.54) is 0 Å². The summed E-state index contributed by atoms with van der Waals surface area (Å²) in [4.78, 5) is 4.13. The molecular weight excluding hydrogens is 316 g/mol. The maximum Gasteiger partial charge on any atom is 0.233 e. The molecule has 0 spiro atoms. The van der Waals surface area contributed by atoms with E-state index in [2.05, 4.69) is 26.2 Å². The molecule has 2 rings (SSSR count). The van der Waals surface area contributed by atoms with Gasteiger partial charge in [-0.3, -0.25) is 0 Å². The Balaban J connectivity index is 2.20. The fourth-order valence-electron chi connectivity index (χ4n) is 1.51. The van der Waals surface area contributed by atoms with Gasteiger partial charge in [-0.1, -0.05) is 23.7 Å². The Morgan fingerprint density at radius 2 is 2.22 bits per heavy atom. The van der Waals surface area contributed by atoms with Crippen LogP contribution >= 0.6 is 27.5 Å². The summed E-state index contributed by atoms with van der Waals surface area (Å²) >= 11 is 9.20. The molecule has 0 amide bonds. The predicted octanol–water partition coefficient (Wildman–Crippen LogP) is 4.01. The summed E-state index contributed by atoms with van der Waals surface area (Å²) in [5, 5.41) is 3.66. The molecule has 1 heterocycles. The third-order valence-electron chi connectivity index (χ3n) is 2.27. The molecule has 0 aliphatic heterocycles. The molecule has 1 aromatic carbocycles. The number of hydrogen-bond donors (Lipinski definition) is 1. The second kappa shape index (κ2) is 6.18. The second-order valence-corrected chi connectivity index (χ2v) is 5.01. The Kier molecular flexibility index (Phi) is 4.58. The first-order valence-corrected chi connectivity index (χ1v) is 6.58. The van der Waals surface area contributed by atoms with Gasteiger partial charge in [0.25, 0.3) is 0 Å². The van der Waals surface area contributed by atoms with Crippen molar-refractivity contribution in [2.24, 2.45) is 0 Å². The summed E-state index contributed by atoms with van der Waals surface area (Å²) in [6.45, 7) is 0.798. The summed E-state index contributed by atoms with van der Waals surface area (Å²) in [5.41, 5.74) is 1.15. The van der Waals surface area contributed by atoms with E-state index >= 15 is 0 Å². The highest BCUT2D eigenvalue weighted by molar-refractivity contribution is 9.10. The molecule has 1 N–H and O–H groups in total. The number of rotatable bonds is 4. The van der Waals surface area contributed by atoms with Crippen LogP contribution in [0.3, 0.4) is 0 Å². The van der Waals surface area contributed by atoms with E-state index in [9.17, 15) is 0 Å². The molecule has 0 atom stereocenters. The Morgan fingerprint density at radius 1 is 1.39 bits per heavy atom. The molecule has 2 aromatic rings. The summed E-state index contributed by atoms with van der Waals surface area (Å²) in [7, 11) is 1.91. The molecule has 0 saturated heterocycles. The summed E-state index contributed by atoms with van der Waals surface area (Å²) in [5.74, 6) is 1.25. The number of nitrogens with one attached hydrogen (secondary N) is 1. The molecule has 0 aliphatic rings. The van der Waals surface area contributed by atoms with E-state index in [0.29, 0.717) is 10.9 Å². The van der Waals surface area contributed by atoms with Gasteiger partial charge in [0, 0.05) is 12.7 Å². The standard InChI is InChI=1S/C13H12BrClN2O/c1-16-7-9-3-2-4-11(5-9)18-13-12(14)6-10(15)8-17-13/h2-6,8,16H,7H2,1H3. The van der Waals surface area contributed by atoms with Gasteiger partial charge >= 0.3 is 0 Å². The Labute approximate surface area is 119 Å². The Hall–Kier alpha value is -1.10. The van der Waals surface area contributed by atoms with Gasteiger partial charge in [0.2, 0.25) is 5.88 Å². The first-order chi connectivity index (χ1) is 8.69. The van der Waals surface area contributed by atoms with E-state index in [4.69, 9.17) is 16.3 Å². The minimum atomic E-state index is 0.501. The van der Waals surface area contributed by atoms with Crippen molar-refractivity contribution in [1.29, 1.82) is 0 Å². The van der Waals surface area contributed by atoms with Crippen molar-refractivity contribution in [2.75, 3.05) is 7.05 Å². The van der Waals surface area contributed by atoms with Crippen molar-refractivity contribution in [2.45, 2.75) is 6.54 Å². The third-order valence-corrected chi connectivity index (χ3v) is 3.04. The molecule has 94 valence electrons. The van der Waals surface area contributed by atoms with Gasteiger partial charge in [-0.2, -0.15) is 0 Å². The lowest BCUT2D eigenvalue weighted by molar-refractivity contribution is 0.459. The quantitative estimate of drug-likeness (QED) is 0.921. The number of benzene rings is 1. The first kappa shape index (κ1) is 13.3. The van der Waals surface area contributed by atoms with Crippen LogP contribution in [0.4, 0.5) is 0 Å². The molecule has 3 nitrogen and oxygen atoms in total. The molecule has 0 fully saturated rings. The van der Waals surface area contributed by atoms with Gasteiger partial charge in [0.15, 0.2) is 0 Å². The number of halogens is 2. The molecule has 0 unspecified atom stereocenters. The highest BCUT2D eigenvalue weighted by Crippen LogP contribution is 2.29. The van der Waals surface area contributed by atoms with Gasteiger partial charge in [-0.05, 0) is 46.7 Å². The lowest BCUT2D eigenvalue weighted by Gasteiger charge is -2.08. The zero-order chi connectivity index (χ0) is 13.0. The van der Waals surface area contributed by atoms with Crippen LogP contribution < -0.4 is 10.1 Å². The van der Waals surface area contributed by atoms with Crippen LogP contribution in [0, 0.1) is 0 Å². The van der Waals surface area contributed by atoms with Crippen LogP contribution in [-0.2, 0) is 6.54 Å². The number of nitrogens with zero attached hydrogens (tertiary/aromatic N) is 1. The molecule has 0 bridgehead atoms. The van der Waals surface area contributed by atoms with Gasteiger partial charge in [0.05, 0.1) is 9.50 Å². The van der Waals surface area contributed by atoms with E-state index in [1.807, 2.05) is 31.3 Å². The van der Waals surface area contributed by atoms with Crippen LogP contribution in [0.15, 0.2) is 41.0 Å². The van der Waals surface area contributed by atoms with Crippen molar-refractivity contribution >= 4 is 27.5 Å². The predicted molar refractivity (Wildman–Crippen MR) is 76.2 cm³/mol. The zero-order valence-corrected chi connectivity index (χ0v) is 12.1. The van der Waals surface area contributed by atoms with Crippen molar-refractivity contribution in [3.05, 3.63) is 51.6 Å². The molecule has 18 heavy (non-hydrogen) atoms. The van der Waals surface area contributed by atoms with E-state index < -0.39 is 0 Å².